The fraction of sp³-hybridized carbons (Fsp3) is 1.00. The maximum absolute atomic E-state index is 5.81. The predicted molar refractivity (Wildman–Crippen MR) is 42.5 cm³/mol. The van der Waals surface area contributed by atoms with Gasteiger partial charge in [-0.2, -0.15) is 0 Å². The molecular weight excluding hydrogens is 140 g/mol. The van der Waals surface area contributed by atoms with Gasteiger partial charge in [0.05, 0.1) is 18.8 Å². The number of epoxide rings is 1. The SMILES string of the molecule is C[C@@H](OC1CCCC1)[C@@H]1CO1. The van der Waals surface area contributed by atoms with Crippen molar-refractivity contribution in [1.29, 1.82) is 0 Å². The van der Waals surface area contributed by atoms with Gasteiger partial charge in [0.1, 0.15) is 6.10 Å². The van der Waals surface area contributed by atoms with Gasteiger partial charge in [-0.15, -0.1) is 0 Å². The lowest BCUT2D eigenvalue weighted by molar-refractivity contribution is -0.0114. The molecule has 2 nitrogen and oxygen atoms in total. The molecule has 1 heterocycles. The summed E-state index contributed by atoms with van der Waals surface area (Å²) in [5.74, 6) is 0. The van der Waals surface area contributed by atoms with Crippen LogP contribution in [-0.2, 0) is 9.47 Å². The van der Waals surface area contributed by atoms with E-state index in [1.807, 2.05) is 0 Å². The van der Waals surface area contributed by atoms with Gasteiger partial charge in [0.2, 0.25) is 0 Å². The Bertz CT molecular complexity index is 126. The summed E-state index contributed by atoms with van der Waals surface area (Å²) in [6.45, 7) is 3.03. The zero-order chi connectivity index (χ0) is 7.68. The molecule has 1 aliphatic carbocycles. The smallest absolute Gasteiger partial charge is 0.107 e. The average molecular weight is 156 g/mol. The molecule has 11 heavy (non-hydrogen) atoms. The second-order valence-electron chi connectivity index (χ2n) is 3.62. The molecule has 2 fully saturated rings. The van der Waals surface area contributed by atoms with Crippen LogP contribution in [0.15, 0.2) is 0 Å². The lowest BCUT2D eigenvalue weighted by Gasteiger charge is -2.15. The molecular formula is C9H16O2. The maximum Gasteiger partial charge on any atom is 0.107 e. The largest absolute Gasteiger partial charge is 0.372 e. The van der Waals surface area contributed by atoms with E-state index in [0.29, 0.717) is 18.3 Å². The average Bonchev–Trinajstić information content (AvgIpc) is 2.73. The van der Waals surface area contributed by atoms with Crippen molar-refractivity contribution in [2.24, 2.45) is 0 Å². The van der Waals surface area contributed by atoms with Crippen molar-refractivity contribution in [3.05, 3.63) is 0 Å². The molecule has 2 rings (SSSR count). The summed E-state index contributed by atoms with van der Waals surface area (Å²) in [6, 6.07) is 0. The highest BCUT2D eigenvalue weighted by Crippen LogP contribution is 2.25. The van der Waals surface area contributed by atoms with Crippen molar-refractivity contribution in [2.75, 3.05) is 6.61 Å². The molecule has 2 aliphatic rings. The van der Waals surface area contributed by atoms with Crippen LogP contribution < -0.4 is 0 Å². The van der Waals surface area contributed by atoms with Crippen LogP contribution in [0.5, 0.6) is 0 Å². The van der Waals surface area contributed by atoms with Crippen molar-refractivity contribution < 1.29 is 9.47 Å². The van der Waals surface area contributed by atoms with E-state index in [4.69, 9.17) is 9.47 Å². The van der Waals surface area contributed by atoms with E-state index in [2.05, 4.69) is 6.92 Å². The van der Waals surface area contributed by atoms with Crippen LogP contribution in [0.3, 0.4) is 0 Å². The molecule has 0 spiro atoms. The molecule has 0 radical (unpaired) electrons. The molecule has 64 valence electrons. The normalized spacial score (nSPS) is 34.1. The standard InChI is InChI=1S/C9H16O2/c1-7(9-6-10-9)11-8-4-2-3-5-8/h7-9H,2-6H2,1H3/t7-,9+/m1/s1. The van der Waals surface area contributed by atoms with Crippen molar-refractivity contribution >= 4 is 0 Å². The second-order valence-corrected chi connectivity index (χ2v) is 3.62. The second kappa shape index (κ2) is 3.11. The first-order chi connectivity index (χ1) is 5.36. The van der Waals surface area contributed by atoms with Gasteiger partial charge in [0.15, 0.2) is 0 Å². The van der Waals surface area contributed by atoms with Gasteiger partial charge >= 0.3 is 0 Å². The third-order valence-electron chi connectivity index (χ3n) is 2.59. The van der Waals surface area contributed by atoms with Crippen LogP contribution in [0.1, 0.15) is 32.6 Å². The molecule has 0 aromatic carbocycles. The van der Waals surface area contributed by atoms with E-state index >= 15 is 0 Å². The van der Waals surface area contributed by atoms with E-state index in [-0.39, 0.29) is 0 Å². The Balaban J connectivity index is 1.70. The molecule has 1 saturated carbocycles. The Labute approximate surface area is 67.9 Å². The summed E-state index contributed by atoms with van der Waals surface area (Å²) < 4.78 is 11.0. The molecule has 0 aromatic heterocycles. The minimum atomic E-state index is 0.332. The van der Waals surface area contributed by atoms with Gasteiger partial charge in [-0.25, -0.2) is 0 Å². The van der Waals surface area contributed by atoms with Gasteiger partial charge in [0.25, 0.3) is 0 Å². The number of rotatable bonds is 3. The summed E-state index contributed by atoms with van der Waals surface area (Å²) in [4.78, 5) is 0. The van der Waals surface area contributed by atoms with Gasteiger partial charge in [-0.3, -0.25) is 0 Å². The first-order valence-corrected chi connectivity index (χ1v) is 4.63. The van der Waals surface area contributed by atoms with E-state index in [1.54, 1.807) is 0 Å². The zero-order valence-corrected chi connectivity index (χ0v) is 7.08. The first-order valence-electron chi connectivity index (χ1n) is 4.63. The molecule has 0 aromatic rings. The summed E-state index contributed by atoms with van der Waals surface area (Å²) >= 11 is 0. The van der Waals surface area contributed by atoms with Gasteiger partial charge in [-0.1, -0.05) is 12.8 Å². The Morgan fingerprint density at radius 3 is 2.55 bits per heavy atom. The van der Waals surface area contributed by atoms with Crippen LogP contribution in [0.2, 0.25) is 0 Å². The monoisotopic (exact) mass is 156 g/mol. The third-order valence-corrected chi connectivity index (χ3v) is 2.59. The van der Waals surface area contributed by atoms with Gasteiger partial charge < -0.3 is 9.47 Å². The van der Waals surface area contributed by atoms with Crippen molar-refractivity contribution in [2.45, 2.75) is 50.9 Å². The Hall–Kier alpha value is -0.0800. The molecule has 0 amide bonds. The highest BCUT2D eigenvalue weighted by Gasteiger charge is 2.32. The van der Waals surface area contributed by atoms with Gasteiger partial charge in [0, 0.05) is 0 Å². The number of ether oxygens (including phenoxy) is 2. The number of hydrogen-bond acceptors (Lipinski definition) is 2. The molecule has 0 unspecified atom stereocenters. The molecule has 0 N–H and O–H groups in total. The Kier molecular flexibility index (Phi) is 2.14. The fourth-order valence-electron chi connectivity index (χ4n) is 1.74. The Morgan fingerprint density at radius 1 is 1.36 bits per heavy atom. The van der Waals surface area contributed by atoms with Crippen molar-refractivity contribution in [1.82, 2.24) is 0 Å². The van der Waals surface area contributed by atoms with E-state index < -0.39 is 0 Å². The molecule has 2 heteroatoms. The number of hydrogen-bond donors (Lipinski definition) is 0. The zero-order valence-electron chi connectivity index (χ0n) is 7.08. The van der Waals surface area contributed by atoms with Crippen molar-refractivity contribution in [3.63, 3.8) is 0 Å². The minimum absolute atomic E-state index is 0.332. The highest BCUT2D eigenvalue weighted by molar-refractivity contribution is 4.78. The van der Waals surface area contributed by atoms with E-state index in [9.17, 15) is 0 Å². The molecule has 1 aliphatic heterocycles. The lowest BCUT2D eigenvalue weighted by atomic mass is 10.2. The van der Waals surface area contributed by atoms with E-state index in [1.165, 1.54) is 25.7 Å². The summed E-state index contributed by atoms with van der Waals surface area (Å²) in [6.07, 6.45) is 6.50. The highest BCUT2D eigenvalue weighted by atomic mass is 16.6. The first kappa shape index (κ1) is 7.56. The van der Waals surface area contributed by atoms with Crippen LogP contribution >= 0.6 is 0 Å². The Morgan fingerprint density at radius 2 is 2.00 bits per heavy atom. The van der Waals surface area contributed by atoms with Crippen LogP contribution in [-0.4, -0.2) is 24.9 Å². The van der Waals surface area contributed by atoms with Crippen LogP contribution in [0.4, 0.5) is 0 Å². The van der Waals surface area contributed by atoms with Crippen molar-refractivity contribution in [3.8, 4) is 0 Å². The minimum Gasteiger partial charge on any atom is -0.372 e. The lowest BCUT2D eigenvalue weighted by Crippen LogP contribution is -2.21. The third kappa shape index (κ3) is 1.94. The van der Waals surface area contributed by atoms with E-state index in [0.717, 1.165) is 6.61 Å². The van der Waals surface area contributed by atoms with Crippen LogP contribution in [0.25, 0.3) is 0 Å². The molecule has 2 atom stereocenters. The maximum atomic E-state index is 5.81. The van der Waals surface area contributed by atoms with Gasteiger partial charge in [-0.05, 0) is 19.8 Å². The van der Waals surface area contributed by atoms with Crippen LogP contribution in [0, 0.1) is 0 Å². The fourth-order valence-corrected chi connectivity index (χ4v) is 1.74. The summed E-state index contributed by atoms with van der Waals surface area (Å²) in [5.41, 5.74) is 0. The topological polar surface area (TPSA) is 21.8 Å². The summed E-state index contributed by atoms with van der Waals surface area (Å²) in [7, 11) is 0. The molecule has 0 bridgehead atoms. The quantitative estimate of drug-likeness (QED) is 0.580. The predicted octanol–water partition coefficient (Wildman–Crippen LogP) is 1.73. The summed E-state index contributed by atoms with van der Waals surface area (Å²) in [5, 5.41) is 0. The molecule has 1 saturated heterocycles.